The molecule has 1 aromatic rings. The third-order valence-electron chi connectivity index (χ3n) is 2.17. The van der Waals surface area contributed by atoms with E-state index in [-0.39, 0.29) is 35.6 Å². The van der Waals surface area contributed by atoms with Crippen molar-refractivity contribution in [2.75, 3.05) is 6.54 Å². The molecule has 1 rings (SSSR count). The summed E-state index contributed by atoms with van der Waals surface area (Å²) < 4.78 is 6.77. The van der Waals surface area contributed by atoms with Crippen LogP contribution in [-0.2, 0) is 0 Å². The quantitative estimate of drug-likeness (QED) is 0.414. The zero-order chi connectivity index (χ0) is 14.5. The fourth-order valence-corrected chi connectivity index (χ4v) is 1.70. The molecule has 0 heterocycles. The van der Waals surface area contributed by atoms with Gasteiger partial charge in [-0.1, -0.05) is 15.9 Å². The SMILES string of the molecule is CC(CN=C(N)NC(C)(C)C)Oc1ccc(Br)cc1.I. The van der Waals surface area contributed by atoms with Gasteiger partial charge in [0.15, 0.2) is 5.96 Å². The van der Waals surface area contributed by atoms with E-state index < -0.39 is 0 Å². The van der Waals surface area contributed by atoms with Gasteiger partial charge in [-0.15, -0.1) is 24.0 Å². The van der Waals surface area contributed by atoms with Crippen molar-refractivity contribution in [2.45, 2.75) is 39.3 Å². The monoisotopic (exact) mass is 455 g/mol. The van der Waals surface area contributed by atoms with Crippen LogP contribution < -0.4 is 15.8 Å². The number of ether oxygens (including phenoxy) is 1. The van der Waals surface area contributed by atoms with Gasteiger partial charge in [0.1, 0.15) is 11.9 Å². The van der Waals surface area contributed by atoms with Crippen molar-refractivity contribution < 1.29 is 4.74 Å². The number of benzene rings is 1. The lowest BCUT2D eigenvalue weighted by molar-refractivity contribution is 0.230. The molecule has 0 bridgehead atoms. The average molecular weight is 456 g/mol. The predicted molar refractivity (Wildman–Crippen MR) is 99.0 cm³/mol. The maximum absolute atomic E-state index is 5.80. The highest BCUT2D eigenvalue weighted by molar-refractivity contribution is 14.0. The van der Waals surface area contributed by atoms with Gasteiger partial charge in [-0.3, -0.25) is 0 Å². The minimum absolute atomic E-state index is 0. The second-order valence-electron chi connectivity index (χ2n) is 5.48. The first kappa shape index (κ1) is 19.5. The number of hydrogen-bond acceptors (Lipinski definition) is 2. The van der Waals surface area contributed by atoms with Crippen molar-refractivity contribution in [3.05, 3.63) is 28.7 Å². The van der Waals surface area contributed by atoms with Gasteiger partial charge in [0.2, 0.25) is 0 Å². The number of guanidine groups is 1. The van der Waals surface area contributed by atoms with Crippen LogP contribution in [0.1, 0.15) is 27.7 Å². The molecule has 1 atom stereocenters. The molecule has 114 valence electrons. The van der Waals surface area contributed by atoms with Crippen molar-refractivity contribution in [3.8, 4) is 5.75 Å². The molecule has 0 spiro atoms. The van der Waals surface area contributed by atoms with Crippen LogP contribution in [0.5, 0.6) is 5.75 Å². The molecule has 3 N–H and O–H groups in total. The van der Waals surface area contributed by atoms with Gasteiger partial charge in [0.25, 0.3) is 0 Å². The summed E-state index contributed by atoms with van der Waals surface area (Å²) in [6, 6.07) is 7.73. The summed E-state index contributed by atoms with van der Waals surface area (Å²) in [6.45, 7) is 8.60. The molecule has 0 aliphatic heterocycles. The fraction of sp³-hybridized carbons (Fsp3) is 0.500. The van der Waals surface area contributed by atoms with Gasteiger partial charge < -0.3 is 15.8 Å². The Morgan fingerprint density at radius 3 is 2.40 bits per heavy atom. The van der Waals surface area contributed by atoms with Gasteiger partial charge in [0.05, 0.1) is 6.54 Å². The number of rotatable bonds is 4. The normalized spacial score (nSPS) is 13.3. The maximum Gasteiger partial charge on any atom is 0.189 e. The van der Waals surface area contributed by atoms with E-state index >= 15 is 0 Å². The van der Waals surface area contributed by atoms with E-state index in [4.69, 9.17) is 10.5 Å². The Morgan fingerprint density at radius 1 is 1.35 bits per heavy atom. The zero-order valence-electron chi connectivity index (χ0n) is 12.3. The van der Waals surface area contributed by atoms with Crippen LogP contribution in [0.15, 0.2) is 33.7 Å². The van der Waals surface area contributed by atoms with Crippen LogP contribution in [-0.4, -0.2) is 24.1 Å². The molecule has 0 radical (unpaired) electrons. The molecule has 4 nitrogen and oxygen atoms in total. The first-order chi connectivity index (χ1) is 8.76. The number of nitrogens with one attached hydrogen (secondary N) is 1. The van der Waals surface area contributed by atoms with Crippen LogP contribution in [0.2, 0.25) is 0 Å². The van der Waals surface area contributed by atoms with E-state index in [2.05, 4.69) is 26.2 Å². The lowest BCUT2D eigenvalue weighted by Crippen LogP contribution is -2.45. The molecule has 0 amide bonds. The molecule has 0 saturated carbocycles. The van der Waals surface area contributed by atoms with Crippen molar-refractivity contribution in [2.24, 2.45) is 10.7 Å². The summed E-state index contributed by atoms with van der Waals surface area (Å²) in [5, 5.41) is 3.11. The van der Waals surface area contributed by atoms with Crippen molar-refractivity contribution >= 4 is 45.9 Å². The highest BCUT2D eigenvalue weighted by atomic mass is 127. The van der Waals surface area contributed by atoms with Gasteiger partial charge in [-0.2, -0.15) is 0 Å². The number of aliphatic imine (C=N–C) groups is 1. The molecular formula is C14H23BrIN3O. The number of nitrogens with two attached hydrogens (primary N) is 1. The minimum atomic E-state index is -0.0800. The molecule has 0 fully saturated rings. The summed E-state index contributed by atoms with van der Waals surface area (Å²) in [6.07, 6.45) is -0.0264. The highest BCUT2D eigenvalue weighted by Crippen LogP contribution is 2.17. The van der Waals surface area contributed by atoms with E-state index in [0.717, 1.165) is 10.2 Å². The Bertz CT molecular complexity index is 429. The van der Waals surface area contributed by atoms with E-state index in [0.29, 0.717) is 12.5 Å². The molecule has 0 aliphatic carbocycles. The molecule has 20 heavy (non-hydrogen) atoms. The Balaban J connectivity index is 0.00000361. The van der Waals surface area contributed by atoms with Crippen LogP contribution in [0.25, 0.3) is 0 Å². The Kier molecular flexibility index (Phi) is 8.50. The average Bonchev–Trinajstić information content (AvgIpc) is 2.27. The largest absolute Gasteiger partial charge is 0.489 e. The third-order valence-corrected chi connectivity index (χ3v) is 2.70. The molecule has 0 saturated heterocycles. The Labute approximate surface area is 146 Å². The second kappa shape index (κ2) is 8.71. The van der Waals surface area contributed by atoms with E-state index in [1.165, 1.54) is 0 Å². The predicted octanol–water partition coefficient (Wildman–Crippen LogP) is 3.54. The Morgan fingerprint density at radius 2 is 1.90 bits per heavy atom. The van der Waals surface area contributed by atoms with Gasteiger partial charge in [0, 0.05) is 10.0 Å². The topological polar surface area (TPSA) is 59.6 Å². The number of nitrogens with zero attached hydrogens (tertiary/aromatic N) is 1. The molecule has 1 aromatic carbocycles. The summed E-state index contributed by atoms with van der Waals surface area (Å²) in [5.41, 5.74) is 5.72. The van der Waals surface area contributed by atoms with Crippen LogP contribution in [0.4, 0.5) is 0 Å². The third kappa shape index (κ3) is 8.63. The van der Waals surface area contributed by atoms with Crippen LogP contribution in [0.3, 0.4) is 0 Å². The van der Waals surface area contributed by atoms with Crippen molar-refractivity contribution in [1.29, 1.82) is 0 Å². The van der Waals surface area contributed by atoms with Gasteiger partial charge in [-0.25, -0.2) is 4.99 Å². The minimum Gasteiger partial charge on any atom is -0.489 e. The van der Waals surface area contributed by atoms with Crippen LogP contribution >= 0.6 is 39.9 Å². The summed E-state index contributed by atoms with van der Waals surface area (Å²) in [4.78, 5) is 4.27. The fourth-order valence-electron chi connectivity index (χ4n) is 1.43. The highest BCUT2D eigenvalue weighted by Gasteiger charge is 2.10. The standard InChI is InChI=1S/C14H22BrN3O.HI/c1-10(9-17-13(16)18-14(2,3)4)19-12-7-5-11(15)6-8-12;/h5-8,10H,9H2,1-4H3,(H3,16,17,18);1H. The molecule has 0 aliphatic rings. The summed E-state index contributed by atoms with van der Waals surface area (Å²) in [7, 11) is 0. The lowest BCUT2D eigenvalue weighted by Gasteiger charge is -2.21. The summed E-state index contributed by atoms with van der Waals surface area (Å²) in [5.74, 6) is 1.27. The van der Waals surface area contributed by atoms with E-state index in [1.54, 1.807) is 0 Å². The smallest absolute Gasteiger partial charge is 0.189 e. The van der Waals surface area contributed by atoms with Crippen molar-refractivity contribution in [3.63, 3.8) is 0 Å². The van der Waals surface area contributed by atoms with Gasteiger partial charge >= 0.3 is 0 Å². The molecule has 0 aromatic heterocycles. The molecule has 1 unspecified atom stereocenters. The second-order valence-corrected chi connectivity index (χ2v) is 6.40. The van der Waals surface area contributed by atoms with E-state index in [9.17, 15) is 0 Å². The van der Waals surface area contributed by atoms with Gasteiger partial charge in [-0.05, 0) is 52.0 Å². The number of hydrogen-bond donors (Lipinski definition) is 2. The maximum atomic E-state index is 5.80. The first-order valence-electron chi connectivity index (χ1n) is 6.26. The zero-order valence-corrected chi connectivity index (χ0v) is 16.2. The van der Waals surface area contributed by atoms with Crippen molar-refractivity contribution in [1.82, 2.24) is 5.32 Å². The Hall–Kier alpha value is -0.500. The molecule has 6 heteroatoms. The first-order valence-corrected chi connectivity index (χ1v) is 7.06. The summed E-state index contributed by atoms with van der Waals surface area (Å²) >= 11 is 3.39. The lowest BCUT2D eigenvalue weighted by atomic mass is 10.1. The van der Waals surface area contributed by atoms with E-state index in [1.807, 2.05) is 52.0 Å². The van der Waals surface area contributed by atoms with Crippen LogP contribution in [0, 0.1) is 0 Å². The molecular weight excluding hydrogens is 433 g/mol. The number of halogens is 2.